The number of aryl methyl sites for hydroxylation is 1. The maximum absolute atomic E-state index is 12.0. The Morgan fingerprint density at radius 2 is 2.17 bits per heavy atom. The molecular weight excluding hydrogens is 344 g/mol. The van der Waals surface area contributed by atoms with Crippen LogP contribution >= 0.6 is 22.7 Å². The van der Waals surface area contributed by atoms with Gasteiger partial charge in [-0.05, 0) is 42.7 Å². The van der Waals surface area contributed by atoms with Crippen LogP contribution in [-0.4, -0.2) is 18.5 Å². The first-order valence-electron chi connectivity index (χ1n) is 7.70. The smallest absolute Gasteiger partial charge is 0.311 e. The van der Waals surface area contributed by atoms with Crippen LogP contribution in [0.4, 0.5) is 5.00 Å². The molecule has 2 aromatic rings. The number of carbonyl (C=O) groups is 2. The molecule has 1 amide bonds. The van der Waals surface area contributed by atoms with Crippen molar-refractivity contribution >= 4 is 39.6 Å². The fourth-order valence-corrected chi connectivity index (χ4v) is 4.63. The van der Waals surface area contributed by atoms with Crippen molar-refractivity contribution in [3.05, 3.63) is 38.4 Å². The summed E-state index contributed by atoms with van der Waals surface area (Å²) in [5.74, 6) is -0.844. The predicted molar refractivity (Wildman–Crippen MR) is 93.3 cm³/mol. The van der Waals surface area contributed by atoms with Gasteiger partial charge >= 0.3 is 5.97 Å². The van der Waals surface area contributed by atoms with Gasteiger partial charge in [0.2, 0.25) is 0 Å². The van der Waals surface area contributed by atoms with E-state index in [2.05, 4.69) is 11.4 Å². The van der Waals surface area contributed by atoms with Gasteiger partial charge in [-0.15, -0.1) is 22.7 Å². The van der Waals surface area contributed by atoms with Gasteiger partial charge in [0.1, 0.15) is 11.1 Å². The highest BCUT2D eigenvalue weighted by Gasteiger charge is 2.22. The van der Waals surface area contributed by atoms with Gasteiger partial charge in [0.15, 0.2) is 6.61 Å². The Morgan fingerprint density at radius 1 is 1.33 bits per heavy atom. The van der Waals surface area contributed by atoms with E-state index < -0.39 is 11.9 Å². The molecule has 0 atom stereocenters. The van der Waals surface area contributed by atoms with Crippen molar-refractivity contribution in [2.75, 3.05) is 11.9 Å². The largest absolute Gasteiger partial charge is 0.455 e. The molecular formula is C17H16N2O3S2. The van der Waals surface area contributed by atoms with E-state index in [0.717, 1.165) is 36.1 Å². The Bertz CT molecular complexity index is 788. The van der Waals surface area contributed by atoms with Crippen molar-refractivity contribution in [1.29, 1.82) is 5.26 Å². The van der Waals surface area contributed by atoms with Crippen LogP contribution in [0.2, 0.25) is 0 Å². The monoisotopic (exact) mass is 360 g/mol. The number of fused-ring (bicyclic) bond motifs is 1. The van der Waals surface area contributed by atoms with E-state index in [1.807, 2.05) is 17.5 Å². The zero-order valence-corrected chi connectivity index (χ0v) is 14.6. The standard InChI is InChI=1S/C17H16N2O3S2/c18-9-13-12-5-1-2-6-14(12)24-17(13)19-15(20)10-22-16(21)8-11-4-3-7-23-11/h3-4,7H,1-2,5-6,8,10H2,(H,19,20). The van der Waals surface area contributed by atoms with Crippen molar-refractivity contribution in [1.82, 2.24) is 0 Å². The van der Waals surface area contributed by atoms with Gasteiger partial charge < -0.3 is 10.1 Å². The second-order valence-corrected chi connectivity index (χ2v) is 7.63. The lowest BCUT2D eigenvalue weighted by atomic mass is 9.96. The van der Waals surface area contributed by atoms with Crippen molar-refractivity contribution < 1.29 is 14.3 Å². The lowest BCUT2D eigenvalue weighted by molar-refractivity contribution is -0.146. The van der Waals surface area contributed by atoms with Gasteiger partial charge in [-0.3, -0.25) is 9.59 Å². The second kappa shape index (κ2) is 7.60. The Hall–Kier alpha value is -2.17. The minimum atomic E-state index is -0.432. The number of esters is 1. The lowest BCUT2D eigenvalue weighted by Gasteiger charge is -2.09. The highest BCUT2D eigenvalue weighted by molar-refractivity contribution is 7.16. The molecule has 0 unspecified atom stereocenters. The number of nitrogens with zero attached hydrogens (tertiary/aromatic N) is 1. The summed E-state index contributed by atoms with van der Waals surface area (Å²) in [7, 11) is 0. The van der Waals surface area contributed by atoms with Gasteiger partial charge in [-0.25, -0.2) is 0 Å². The Balaban J connectivity index is 1.56. The van der Waals surface area contributed by atoms with Crippen LogP contribution in [0.15, 0.2) is 17.5 Å². The average Bonchev–Trinajstić information content (AvgIpc) is 3.19. The molecule has 124 valence electrons. The van der Waals surface area contributed by atoms with E-state index in [0.29, 0.717) is 10.6 Å². The van der Waals surface area contributed by atoms with Crippen molar-refractivity contribution in [2.24, 2.45) is 0 Å². The van der Waals surface area contributed by atoms with Gasteiger partial charge in [0.05, 0.1) is 12.0 Å². The topological polar surface area (TPSA) is 79.2 Å². The zero-order valence-electron chi connectivity index (χ0n) is 13.0. The summed E-state index contributed by atoms with van der Waals surface area (Å²) in [6, 6.07) is 5.90. The van der Waals surface area contributed by atoms with Crippen LogP contribution in [0.3, 0.4) is 0 Å². The zero-order chi connectivity index (χ0) is 16.9. The molecule has 0 saturated carbocycles. The molecule has 0 spiro atoms. The van der Waals surface area contributed by atoms with E-state index in [1.54, 1.807) is 0 Å². The second-order valence-electron chi connectivity index (χ2n) is 5.49. The summed E-state index contributed by atoms with van der Waals surface area (Å²) in [4.78, 5) is 25.8. The molecule has 0 aromatic carbocycles. The van der Waals surface area contributed by atoms with Gasteiger partial charge in [-0.2, -0.15) is 5.26 Å². The molecule has 1 aliphatic rings. The number of carbonyl (C=O) groups excluding carboxylic acids is 2. The molecule has 3 rings (SSSR count). The summed E-state index contributed by atoms with van der Waals surface area (Å²) < 4.78 is 5.00. The Kier molecular flexibility index (Phi) is 5.28. The number of hydrogen-bond donors (Lipinski definition) is 1. The van der Waals surface area contributed by atoms with Crippen molar-refractivity contribution in [2.45, 2.75) is 32.1 Å². The van der Waals surface area contributed by atoms with Crippen LogP contribution < -0.4 is 5.32 Å². The molecule has 24 heavy (non-hydrogen) atoms. The van der Waals surface area contributed by atoms with Crippen molar-refractivity contribution in [3.8, 4) is 6.07 Å². The molecule has 2 heterocycles. The molecule has 0 aliphatic heterocycles. The summed E-state index contributed by atoms with van der Waals surface area (Å²) >= 11 is 2.93. The molecule has 0 saturated heterocycles. The maximum Gasteiger partial charge on any atom is 0.311 e. The van der Waals surface area contributed by atoms with Gasteiger partial charge in [-0.1, -0.05) is 6.07 Å². The van der Waals surface area contributed by atoms with Crippen LogP contribution in [0.1, 0.15) is 33.7 Å². The summed E-state index contributed by atoms with van der Waals surface area (Å²) in [6.45, 7) is -0.336. The summed E-state index contributed by atoms with van der Waals surface area (Å²) in [5, 5.41) is 14.5. The highest BCUT2D eigenvalue weighted by atomic mass is 32.1. The number of thiophene rings is 2. The van der Waals surface area contributed by atoms with E-state index >= 15 is 0 Å². The normalized spacial score (nSPS) is 13.0. The molecule has 7 heteroatoms. The minimum absolute atomic E-state index is 0.168. The molecule has 0 radical (unpaired) electrons. The number of ether oxygens (including phenoxy) is 1. The molecule has 1 aliphatic carbocycles. The van der Waals surface area contributed by atoms with E-state index in [-0.39, 0.29) is 13.0 Å². The van der Waals surface area contributed by atoms with Crippen LogP contribution in [0, 0.1) is 11.3 Å². The summed E-state index contributed by atoms with van der Waals surface area (Å²) in [5.41, 5.74) is 1.63. The van der Waals surface area contributed by atoms with Gasteiger partial charge in [0, 0.05) is 9.75 Å². The van der Waals surface area contributed by atoms with E-state index in [9.17, 15) is 14.9 Å². The molecule has 2 aromatic heterocycles. The lowest BCUT2D eigenvalue weighted by Crippen LogP contribution is -2.21. The maximum atomic E-state index is 12.0. The highest BCUT2D eigenvalue weighted by Crippen LogP contribution is 2.37. The number of rotatable bonds is 5. The Morgan fingerprint density at radius 3 is 2.92 bits per heavy atom. The summed E-state index contributed by atoms with van der Waals surface area (Å²) in [6.07, 6.45) is 4.21. The quantitative estimate of drug-likeness (QED) is 0.830. The first kappa shape index (κ1) is 16.7. The number of hydrogen-bond acceptors (Lipinski definition) is 6. The first-order chi connectivity index (χ1) is 11.7. The average molecular weight is 360 g/mol. The van der Waals surface area contributed by atoms with E-state index in [4.69, 9.17) is 4.74 Å². The third kappa shape index (κ3) is 3.83. The molecule has 1 N–H and O–H groups in total. The third-order valence-electron chi connectivity index (χ3n) is 3.80. The number of nitriles is 1. The fourth-order valence-electron chi connectivity index (χ4n) is 2.69. The van der Waals surface area contributed by atoms with Crippen LogP contribution in [0.5, 0.6) is 0 Å². The number of nitrogens with one attached hydrogen (secondary N) is 1. The van der Waals surface area contributed by atoms with Gasteiger partial charge in [0.25, 0.3) is 5.91 Å². The van der Waals surface area contributed by atoms with E-state index in [1.165, 1.54) is 27.6 Å². The van der Waals surface area contributed by atoms with Crippen LogP contribution in [-0.2, 0) is 33.6 Å². The molecule has 0 fully saturated rings. The number of anilines is 1. The first-order valence-corrected chi connectivity index (χ1v) is 9.39. The minimum Gasteiger partial charge on any atom is -0.455 e. The molecule has 0 bridgehead atoms. The third-order valence-corrected chi connectivity index (χ3v) is 5.88. The van der Waals surface area contributed by atoms with Crippen molar-refractivity contribution in [3.63, 3.8) is 0 Å². The molecule has 5 nitrogen and oxygen atoms in total. The number of amides is 1. The SMILES string of the molecule is N#Cc1c(NC(=O)COC(=O)Cc2cccs2)sc2c1CCCC2. The Labute approximate surface area is 147 Å². The van der Waals surface area contributed by atoms with Crippen LogP contribution in [0.25, 0.3) is 0 Å². The fraction of sp³-hybridized carbons (Fsp3) is 0.353. The predicted octanol–water partition coefficient (Wildman–Crippen LogP) is 3.28.